The number of nitrogens with zero attached hydrogens (tertiary/aromatic N) is 4. The Balaban J connectivity index is 1.54. The van der Waals surface area contributed by atoms with Crippen molar-refractivity contribution in [3.63, 3.8) is 0 Å². The van der Waals surface area contributed by atoms with E-state index in [0.29, 0.717) is 36.4 Å². The predicted octanol–water partition coefficient (Wildman–Crippen LogP) is 3.96. The van der Waals surface area contributed by atoms with Crippen LogP contribution in [0.3, 0.4) is 0 Å². The lowest BCUT2D eigenvalue weighted by Gasteiger charge is -2.11. The van der Waals surface area contributed by atoms with Gasteiger partial charge in [0, 0.05) is 30.3 Å². The molecule has 33 heavy (non-hydrogen) atoms. The molecule has 0 amide bonds. The Morgan fingerprint density at radius 2 is 1.73 bits per heavy atom. The fraction of sp³-hybridized carbons (Fsp3) is 0.167. The summed E-state index contributed by atoms with van der Waals surface area (Å²) in [6.07, 6.45) is 6.97. The van der Waals surface area contributed by atoms with Crippen molar-refractivity contribution < 1.29 is 14.2 Å². The van der Waals surface area contributed by atoms with Crippen molar-refractivity contribution in [3.8, 4) is 28.4 Å². The first-order valence-corrected chi connectivity index (χ1v) is 10.6. The normalized spacial score (nSPS) is 13.4. The Morgan fingerprint density at radius 1 is 0.909 bits per heavy atom. The first kappa shape index (κ1) is 19.3. The van der Waals surface area contributed by atoms with Gasteiger partial charge in [-0.25, -0.2) is 4.98 Å². The molecular formula is C24H20N6O3. The van der Waals surface area contributed by atoms with Crippen LogP contribution in [0.2, 0.25) is 0 Å². The molecule has 4 aromatic heterocycles. The summed E-state index contributed by atoms with van der Waals surface area (Å²) in [5.41, 5.74) is 4.38. The van der Waals surface area contributed by atoms with Gasteiger partial charge in [0.2, 0.25) is 5.95 Å². The van der Waals surface area contributed by atoms with E-state index >= 15 is 0 Å². The fourth-order valence-electron chi connectivity index (χ4n) is 3.94. The minimum absolute atomic E-state index is 0.242. The van der Waals surface area contributed by atoms with Crippen molar-refractivity contribution in [3.05, 3.63) is 60.8 Å². The lowest BCUT2D eigenvalue weighted by atomic mass is 10.0. The Bertz CT molecular complexity index is 1480. The molecule has 5 aromatic rings. The summed E-state index contributed by atoms with van der Waals surface area (Å²) in [5, 5.41) is 4.90. The van der Waals surface area contributed by atoms with Crippen LogP contribution in [-0.4, -0.2) is 45.2 Å². The standard InChI is InChI=1S/C24H20N6O3/c1-25-24-29-21-13-33-18-8-17(9-26-10-18)32-5-4-31-16-7-15-6-14(2-3-20(15)27-11-16)19-12-28-23(30-24)22(19)21/h2-3,6-12H,4-5,13H2,1H3,(H2,25,28,29,30). The van der Waals surface area contributed by atoms with Crippen LogP contribution in [0.5, 0.6) is 17.2 Å². The molecule has 6 rings (SSSR count). The van der Waals surface area contributed by atoms with Gasteiger partial charge in [0.15, 0.2) is 0 Å². The van der Waals surface area contributed by atoms with E-state index in [1.807, 2.05) is 24.4 Å². The zero-order valence-electron chi connectivity index (χ0n) is 17.8. The molecule has 1 aliphatic rings. The van der Waals surface area contributed by atoms with Crippen LogP contribution in [0.25, 0.3) is 33.1 Å². The lowest BCUT2D eigenvalue weighted by Crippen LogP contribution is -2.09. The van der Waals surface area contributed by atoms with Crippen molar-refractivity contribution >= 4 is 27.9 Å². The monoisotopic (exact) mass is 440 g/mol. The molecule has 0 saturated carbocycles. The van der Waals surface area contributed by atoms with Gasteiger partial charge in [-0.1, -0.05) is 6.07 Å². The molecule has 0 atom stereocenters. The molecule has 0 spiro atoms. The van der Waals surface area contributed by atoms with Gasteiger partial charge < -0.3 is 24.5 Å². The molecular weight excluding hydrogens is 420 g/mol. The summed E-state index contributed by atoms with van der Waals surface area (Å²) < 4.78 is 17.7. The molecule has 9 heteroatoms. The molecule has 0 saturated heterocycles. The quantitative estimate of drug-likeness (QED) is 0.403. The number of nitrogens with one attached hydrogen (secondary N) is 2. The van der Waals surface area contributed by atoms with E-state index in [2.05, 4.69) is 36.3 Å². The van der Waals surface area contributed by atoms with Crippen LogP contribution in [0.15, 0.2) is 55.1 Å². The molecule has 0 radical (unpaired) electrons. The molecule has 9 nitrogen and oxygen atoms in total. The number of aromatic nitrogens is 5. The van der Waals surface area contributed by atoms with Crippen molar-refractivity contribution in [2.24, 2.45) is 0 Å². The third-order valence-corrected chi connectivity index (χ3v) is 5.48. The predicted molar refractivity (Wildman–Crippen MR) is 124 cm³/mol. The van der Waals surface area contributed by atoms with E-state index in [0.717, 1.165) is 38.8 Å². The molecule has 0 aliphatic carbocycles. The van der Waals surface area contributed by atoms with Crippen LogP contribution in [0, 0.1) is 0 Å². The maximum absolute atomic E-state index is 6.05. The van der Waals surface area contributed by atoms with E-state index < -0.39 is 0 Å². The smallest absolute Gasteiger partial charge is 0.224 e. The highest BCUT2D eigenvalue weighted by molar-refractivity contribution is 5.98. The molecule has 0 unspecified atom stereocenters. The van der Waals surface area contributed by atoms with E-state index in [4.69, 9.17) is 14.2 Å². The molecule has 5 bridgehead atoms. The number of ether oxygens (including phenoxy) is 3. The third-order valence-electron chi connectivity index (χ3n) is 5.48. The molecule has 0 fully saturated rings. The lowest BCUT2D eigenvalue weighted by molar-refractivity contribution is 0.215. The Labute approximate surface area is 188 Å². The summed E-state index contributed by atoms with van der Waals surface area (Å²) in [6.45, 7) is 0.989. The number of benzene rings is 1. The van der Waals surface area contributed by atoms with Gasteiger partial charge in [-0.2, -0.15) is 4.98 Å². The zero-order valence-corrected chi connectivity index (χ0v) is 17.8. The second-order valence-electron chi connectivity index (χ2n) is 7.59. The maximum Gasteiger partial charge on any atom is 0.224 e. The Morgan fingerprint density at radius 3 is 2.58 bits per heavy atom. The molecule has 1 aliphatic heterocycles. The number of H-pyrrole nitrogens is 1. The SMILES string of the molecule is CNc1nc2c3c(c[nH]c3n1)-c1ccc3ncc(cc3c1)OCCOc1cncc(c1)OC2. The maximum atomic E-state index is 6.05. The molecule has 2 N–H and O–H groups in total. The molecule has 1 aromatic carbocycles. The van der Waals surface area contributed by atoms with Crippen molar-refractivity contribution in [1.82, 2.24) is 24.9 Å². The van der Waals surface area contributed by atoms with Crippen LogP contribution in [0.4, 0.5) is 5.95 Å². The molecule has 5 heterocycles. The van der Waals surface area contributed by atoms with Gasteiger partial charge in [-0.05, 0) is 23.8 Å². The van der Waals surface area contributed by atoms with Gasteiger partial charge in [0.1, 0.15) is 42.7 Å². The average molecular weight is 440 g/mol. The number of hydrogen-bond acceptors (Lipinski definition) is 8. The third kappa shape index (κ3) is 3.63. The summed E-state index contributed by atoms with van der Waals surface area (Å²) in [4.78, 5) is 21.3. The van der Waals surface area contributed by atoms with E-state index in [1.165, 1.54) is 0 Å². The number of aromatic amines is 1. The number of pyridine rings is 2. The Hall–Kier alpha value is -4.40. The van der Waals surface area contributed by atoms with Crippen LogP contribution >= 0.6 is 0 Å². The summed E-state index contributed by atoms with van der Waals surface area (Å²) in [5.74, 6) is 2.39. The highest BCUT2D eigenvalue weighted by Gasteiger charge is 2.16. The summed E-state index contributed by atoms with van der Waals surface area (Å²) in [6, 6.07) is 9.93. The zero-order chi connectivity index (χ0) is 22.2. The second kappa shape index (κ2) is 7.94. The summed E-state index contributed by atoms with van der Waals surface area (Å²) in [7, 11) is 1.79. The number of anilines is 1. The number of hydrogen-bond donors (Lipinski definition) is 2. The summed E-state index contributed by atoms with van der Waals surface area (Å²) >= 11 is 0. The highest BCUT2D eigenvalue weighted by atomic mass is 16.5. The number of fused-ring (bicyclic) bond motifs is 5. The first-order chi connectivity index (χ1) is 16.3. The minimum atomic E-state index is 0.242. The van der Waals surface area contributed by atoms with Crippen molar-refractivity contribution in [1.29, 1.82) is 0 Å². The van der Waals surface area contributed by atoms with E-state index in [1.54, 1.807) is 31.7 Å². The van der Waals surface area contributed by atoms with Crippen molar-refractivity contribution in [2.45, 2.75) is 6.61 Å². The van der Waals surface area contributed by atoms with E-state index in [-0.39, 0.29) is 6.61 Å². The average Bonchev–Trinajstić information content (AvgIpc) is 3.28. The fourth-order valence-corrected chi connectivity index (χ4v) is 3.94. The Kier molecular flexibility index (Phi) is 4.64. The van der Waals surface area contributed by atoms with Crippen molar-refractivity contribution in [2.75, 3.05) is 25.6 Å². The van der Waals surface area contributed by atoms with Gasteiger partial charge in [-0.15, -0.1) is 0 Å². The highest BCUT2D eigenvalue weighted by Crippen LogP contribution is 2.33. The van der Waals surface area contributed by atoms with Gasteiger partial charge >= 0.3 is 0 Å². The second-order valence-corrected chi connectivity index (χ2v) is 7.59. The van der Waals surface area contributed by atoms with Gasteiger partial charge in [0.05, 0.1) is 35.2 Å². The number of rotatable bonds is 1. The van der Waals surface area contributed by atoms with Crippen LogP contribution in [0.1, 0.15) is 5.69 Å². The van der Waals surface area contributed by atoms with E-state index in [9.17, 15) is 0 Å². The minimum Gasteiger partial charge on any atom is -0.488 e. The molecule has 164 valence electrons. The topological polar surface area (TPSA) is 107 Å². The first-order valence-electron chi connectivity index (χ1n) is 10.6. The van der Waals surface area contributed by atoms with Crippen LogP contribution < -0.4 is 19.5 Å². The largest absolute Gasteiger partial charge is 0.488 e. The van der Waals surface area contributed by atoms with Gasteiger partial charge in [0.25, 0.3) is 0 Å². The van der Waals surface area contributed by atoms with Gasteiger partial charge in [-0.3, -0.25) is 9.97 Å². The van der Waals surface area contributed by atoms with Crippen LogP contribution in [-0.2, 0) is 6.61 Å².